The smallest absolute Gasteiger partial charge is 0.302 e. The summed E-state index contributed by atoms with van der Waals surface area (Å²) in [7, 11) is 0. The van der Waals surface area contributed by atoms with Crippen LogP contribution in [0.15, 0.2) is 0 Å². The van der Waals surface area contributed by atoms with Crippen molar-refractivity contribution < 1.29 is 43.2 Å². The Balaban J connectivity index is -0.0000000760. The van der Waals surface area contributed by atoms with Gasteiger partial charge in [0.1, 0.15) is 0 Å². The molecule has 164 valence electrons. The molecule has 0 aromatic carbocycles. The van der Waals surface area contributed by atoms with Gasteiger partial charge >= 0.3 is 23.9 Å². The maximum Gasteiger partial charge on any atom is 0.302 e. The Labute approximate surface area is 163 Å². The zero-order valence-electron chi connectivity index (χ0n) is 18.2. The predicted molar refractivity (Wildman–Crippen MR) is 102 cm³/mol. The van der Waals surface area contributed by atoms with Crippen LogP contribution in [-0.4, -0.2) is 62.0 Å². The summed E-state index contributed by atoms with van der Waals surface area (Å²) < 4.78 is 17.6. The molecular formula is C18H38O9. The van der Waals surface area contributed by atoms with Crippen LogP contribution >= 0.6 is 0 Å². The lowest BCUT2D eigenvalue weighted by Gasteiger charge is -1.89. The molecule has 1 N–H and O–H groups in total. The second-order valence-corrected chi connectivity index (χ2v) is 4.01. The van der Waals surface area contributed by atoms with Crippen molar-refractivity contribution in [3.05, 3.63) is 0 Å². The molecule has 0 bridgehead atoms. The first kappa shape index (κ1) is 35.9. The van der Waals surface area contributed by atoms with Crippen LogP contribution in [0.4, 0.5) is 0 Å². The minimum atomic E-state index is -0.211. The van der Waals surface area contributed by atoms with Gasteiger partial charge in [0.25, 0.3) is 0 Å². The molecule has 0 saturated carbocycles. The monoisotopic (exact) mass is 398 g/mol. The number of aliphatic hydroxyl groups is 1. The highest BCUT2D eigenvalue weighted by Gasteiger charge is 1.83. The zero-order valence-corrected chi connectivity index (χ0v) is 18.2. The number of esters is 4. The van der Waals surface area contributed by atoms with Crippen molar-refractivity contribution in [1.29, 1.82) is 0 Å². The third kappa shape index (κ3) is 117. The molecule has 0 amide bonds. The molecule has 0 aliphatic carbocycles. The summed E-state index contributed by atoms with van der Waals surface area (Å²) in [4.78, 5) is 39.3. The van der Waals surface area contributed by atoms with Gasteiger partial charge in [-0.1, -0.05) is 0 Å². The SMILES string of the molecule is CCO.CCOC(C)=O.CCOC(C)=O.CCOC(C)=O.CCOC(C)=O. The fourth-order valence-corrected chi connectivity index (χ4v) is 0.813. The number of carbonyl (C=O) groups is 4. The summed E-state index contributed by atoms with van der Waals surface area (Å²) in [5.41, 5.74) is 0. The Bertz CT molecular complexity index is 278. The minimum absolute atomic E-state index is 0.211. The quantitative estimate of drug-likeness (QED) is 0.560. The fraction of sp³-hybridized carbons (Fsp3) is 0.778. The van der Waals surface area contributed by atoms with Gasteiger partial charge in [0.15, 0.2) is 0 Å². The van der Waals surface area contributed by atoms with Crippen molar-refractivity contribution in [3.8, 4) is 0 Å². The molecule has 0 fully saturated rings. The summed E-state index contributed by atoms with van der Waals surface area (Å²) in [6.07, 6.45) is 0. The molecule has 0 aromatic heterocycles. The molecule has 0 aliphatic rings. The largest absolute Gasteiger partial charge is 0.466 e. The zero-order chi connectivity index (χ0) is 22.7. The van der Waals surface area contributed by atoms with Crippen LogP contribution in [0.2, 0.25) is 0 Å². The van der Waals surface area contributed by atoms with Gasteiger partial charge < -0.3 is 24.1 Å². The predicted octanol–water partition coefficient (Wildman–Crippen LogP) is 2.28. The molecule has 9 heteroatoms. The second kappa shape index (κ2) is 35.0. The first-order valence-corrected chi connectivity index (χ1v) is 8.64. The topological polar surface area (TPSA) is 125 Å². The number of rotatable bonds is 4. The van der Waals surface area contributed by atoms with E-state index in [4.69, 9.17) is 5.11 Å². The van der Waals surface area contributed by atoms with E-state index in [1.54, 1.807) is 34.6 Å². The minimum Gasteiger partial charge on any atom is -0.466 e. The van der Waals surface area contributed by atoms with Gasteiger partial charge in [0.05, 0.1) is 26.4 Å². The van der Waals surface area contributed by atoms with E-state index >= 15 is 0 Å². The lowest BCUT2D eigenvalue weighted by Crippen LogP contribution is -1.95. The summed E-state index contributed by atoms with van der Waals surface area (Å²) >= 11 is 0. The highest BCUT2D eigenvalue weighted by Crippen LogP contribution is 1.71. The van der Waals surface area contributed by atoms with Crippen LogP contribution in [0.3, 0.4) is 0 Å². The normalized spacial score (nSPS) is 7.48. The second-order valence-electron chi connectivity index (χ2n) is 4.01. The number of carbonyl (C=O) groups excluding carboxylic acids is 4. The van der Waals surface area contributed by atoms with Crippen LogP contribution in [-0.2, 0) is 38.1 Å². The van der Waals surface area contributed by atoms with E-state index in [1.807, 2.05) is 0 Å². The van der Waals surface area contributed by atoms with Gasteiger partial charge in [-0.05, 0) is 34.6 Å². The third-order valence-electron chi connectivity index (χ3n) is 1.39. The summed E-state index contributed by atoms with van der Waals surface area (Å²) in [6, 6.07) is 0. The van der Waals surface area contributed by atoms with Gasteiger partial charge in [-0.2, -0.15) is 0 Å². The van der Waals surface area contributed by atoms with Crippen molar-refractivity contribution in [3.63, 3.8) is 0 Å². The van der Waals surface area contributed by atoms with Crippen molar-refractivity contribution >= 4 is 23.9 Å². The lowest BCUT2D eigenvalue weighted by atomic mass is 10.8. The maximum atomic E-state index is 9.82. The van der Waals surface area contributed by atoms with Gasteiger partial charge in [-0.15, -0.1) is 0 Å². The van der Waals surface area contributed by atoms with E-state index in [1.165, 1.54) is 27.7 Å². The van der Waals surface area contributed by atoms with Crippen molar-refractivity contribution in [1.82, 2.24) is 0 Å². The molecule has 27 heavy (non-hydrogen) atoms. The lowest BCUT2D eigenvalue weighted by molar-refractivity contribution is -0.141. The van der Waals surface area contributed by atoms with Gasteiger partial charge in [-0.25, -0.2) is 0 Å². The van der Waals surface area contributed by atoms with Crippen LogP contribution in [0, 0.1) is 0 Å². The van der Waals surface area contributed by atoms with Crippen LogP contribution < -0.4 is 0 Å². The highest BCUT2D eigenvalue weighted by molar-refractivity contribution is 5.66. The van der Waals surface area contributed by atoms with Crippen LogP contribution in [0.1, 0.15) is 62.3 Å². The summed E-state index contributed by atoms with van der Waals surface area (Å²) in [6.45, 7) is 16.5. The molecule has 9 nitrogen and oxygen atoms in total. The first-order chi connectivity index (χ1) is 12.5. The van der Waals surface area contributed by atoms with Crippen LogP contribution in [0.25, 0.3) is 0 Å². The first-order valence-electron chi connectivity index (χ1n) is 8.64. The van der Waals surface area contributed by atoms with Gasteiger partial charge in [0.2, 0.25) is 0 Å². The Morgan fingerprint density at radius 1 is 0.519 bits per heavy atom. The fourth-order valence-electron chi connectivity index (χ4n) is 0.813. The molecule has 0 saturated heterocycles. The third-order valence-corrected chi connectivity index (χ3v) is 1.39. The van der Waals surface area contributed by atoms with Gasteiger partial charge in [0, 0.05) is 34.3 Å². The summed E-state index contributed by atoms with van der Waals surface area (Å²) in [5, 5.41) is 7.57. The molecular weight excluding hydrogens is 360 g/mol. The van der Waals surface area contributed by atoms with E-state index in [0.29, 0.717) is 26.4 Å². The van der Waals surface area contributed by atoms with E-state index in [-0.39, 0.29) is 30.5 Å². The Hall–Kier alpha value is -2.16. The van der Waals surface area contributed by atoms with E-state index in [9.17, 15) is 19.2 Å². The Kier molecular flexibility index (Phi) is 46.5. The highest BCUT2D eigenvalue weighted by atomic mass is 16.5. The van der Waals surface area contributed by atoms with E-state index in [0.717, 1.165) is 0 Å². The van der Waals surface area contributed by atoms with Crippen molar-refractivity contribution in [2.24, 2.45) is 0 Å². The average molecular weight is 398 g/mol. The van der Waals surface area contributed by atoms with Crippen molar-refractivity contribution in [2.75, 3.05) is 33.0 Å². The number of ether oxygens (including phenoxy) is 4. The standard InChI is InChI=1S/4C4H8O2.C2H6O/c4*1-3-6-4(2)5;1-2-3/h4*3H2,1-2H3;3H,2H2,1H3. The van der Waals surface area contributed by atoms with E-state index < -0.39 is 0 Å². The molecule has 0 spiro atoms. The van der Waals surface area contributed by atoms with Gasteiger partial charge in [-0.3, -0.25) is 19.2 Å². The van der Waals surface area contributed by atoms with E-state index in [2.05, 4.69) is 18.9 Å². The molecule has 0 unspecified atom stereocenters. The maximum absolute atomic E-state index is 9.82. The molecule has 0 rings (SSSR count). The number of hydrogen-bond acceptors (Lipinski definition) is 9. The number of hydrogen-bond donors (Lipinski definition) is 1. The molecule has 0 atom stereocenters. The average Bonchev–Trinajstić information content (AvgIpc) is 2.49. The Morgan fingerprint density at radius 3 is 0.630 bits per heavy atom. The molecule has 0 aromatic rings. The number of aliphatic hydroxyl groups excluding tert-OH is 1. The Morgan fingerprint density at radius 2 is 0.630 bits per heavy atom. The molecule has 0 radical (unpaired) electrons. The summed E-state index contributed by atoms with van der Waals surface area (Å²) in [5.74, 6) is -0.843. The molecule has 0 heterocycles. The van der Waals surface area contributed by atoms with Crippen molar-refractivity contribution in [2.45, 2.75) is 62.3 Å². The molecule has 0 aliphatic heterocycles. The van der Waals surface area contributed by atoms with Crippen LogP contribution in [0.5, 0.6) is 0 Å².